The number of unbranched alkanes of at least 4 members (excludes halogenated alkanes) is 1. The van der Waals surface area contributed by atoms with Crippen molar-refractivity contribution in [2.24, 2.45) is 0 Å². The maximum atomic E-state index is 11.2. The molecule has 5 nitrogen and oxygen atoms in total. The van der Waals surface area contributed by atoms with Crippen molar-refractivity contribution in [2.75, 3.05) is 0 Å². The average Bonchev–Trinajstić information content (AvgIpc) is 2.61. The van der Waals surface area contributed by atoms with Gasteiger partial charge in [-0.2, -0.15) is 10.1 Å². The molecule has 0 spiro atoms. The summed E-state index contributed by atoms with van der Waals surface area (Å²) in [5.74, 6) is 0.517. The average molecular weight is 192 g/mol. The Labute approximate surface area is 80.8 Å². The lowest BCUT2D eigenvalue weighted by atomic mass is 10.2. The Balaban J connectivity index is 2.50. The summed E-state index contributed by atoms with van der Waals surface area (Å²) in [5.41, 5.74) is 0.805. The van der Waals surface area contributed by atoms with Crippen LogP contribution in [0.3, 0.4) is 0 Å². The van der Waals surface area contributed by atoms with Gasteiger partial charge in [0.1, 0.15) is 6.33 Å². The van der Waals surface area contributed by atoms with Crippen molar-refractivity contribution in [2.45, 2.75) is 26.2 Å². The molecule has 2 aromatic heterocycles. The molecular weight excluding hydrogens is 180 g/mol. The minimum atomic E-state index is -0.114. The Bertz CT molecular complexity index is 485. The van der Waals surface area contributed by atoms with Gasteiger partial charge in [-0.3, -0.25) is 9.78 Å². The molecule has 2 heterocycles. The molecule has 0 bridgehead atoms. The number of aryl methyl sites for hydroxylation is 1. The largest absolute Gasteiger partial charge is 0.291 e. The first-order valence-electron chi connectivity index (χ1n) is 4.73. The zero-order chi connectivity index (χ0) is 9.97. The van der Waals surface area contributed by atoms with Crippen LogP contribution >= 0.6 is 0 Å². The predicted molar refractivity (Wildman–Crippen MR) is 52.2 cm³/mol. The lowest BCUT2D eigenvalue weighted by Crippen LogP contribution is -2.12. The smallest absolute Gasteiger partial charge is 0.252 e. The third kappa shape index (κ3) is 1.53. The number of fused-ring (bicyclic) bond motifs is 1. The molecule has 0 amide bonds. The summed E-state index contributed by atoms with van der Waals surface area (Å²) in [7, 11) is 0. The van der Waals surface area contributed by atoms with E-state index in [1.54, 1.807) is 10.6 Å². The molecule has 0 aliphatic rings. The lowest BCUT2D eigenvalue weighted by molar-refractivity contribution is 0.736. The van der Waals surface area contributed by atoms with Crippen LogP contribution in [0.4, 0.5) is 0 Å². The zero-order valence-electron chi connectivity index (χ0n) is 8.03. The number of aromatic amines is 1. The lowest BCUT2D eigenvalue weighted by Gasteiger charge is -2.01. The van der Waals surface area contributed by atoms with Gasteiger partial charge in [-0.15, -0.1) is 0 Å². The summed E-state index contributed by atoms with van der Waals surface area (Å²) in [4.78, 5) is 17.8. The second-order valence-corrected chi connectivity index (χ2v) is 3.22. The Morgan fingerprint density at radius 1 is 1.57 bits per heavy atom. The Kier molecular flexibility index (Phi) is 2.30. The van der Waals surface area contributed by atoms with Crippen molar-refractivity contribution in [3.05, 3.63) is 28.4 Å². The van der Waals surface area contributed by atoms with Crippen LogP contribution in [0.1, 0.15) is 25.5 Å². The van der Waals surface area contributed by atoms with Crippen molar-refractivity contribution in [1.82, 2.24) is 19.6 Å². The standard InChI is InChI=1S/C9H12N4O/c1-2-3-4-7-5-8(14)12-9-10-6-11-13(7)9/h5-6H,2-4H2,1H3,(H,10,11,12,14). The fourth-order valence-corrected chi connectivity index (χ4v) is 1.43. The van der Waals surface area contributed by atoms with Gasteiger partial charge >= 0.3 is 0 Å². The highest BCUT2D eigenvalue weighted by Crippen LogP contribution is 2.02. The molecule has 2 aromatic rings. The van der Waals surface area contributed by atoms with Crippen molar-refractivity contribution in [3.63, 3.8) is 0 Å². The molecule has 74 valence electrons. The molecule has 0 aliphatic carbocycles. The quantitative estimate of drug-likeness (QED) is 0.780. The molecule has 0 atom stereocenters. The first kappa shape index (κ1) is 8.93. The fourth-order valence-electron chi connectivity index (χ4n) is 1.43. The summed E-state index contributed by atoms with van der Waals surface area (Å²) in [6, 6.07) is 1.58. The van der Waals surface area contributed by atoms with Gasteiger partial charge in [0, 0.05) is 6.07 Å². The van der Waals surface area contributed by atoms with Crippen LogP contribution in [-0.2, 0) is 6.42 Å². The summed E-state index contributed by atoms with van der Waals surface area (Å²) in [6.07, 6.45) is 4.46. The van der Waals surface area contributed by atoms with Gasteiger partial charge in [0.15, 0.2) is 0 Å². The van der Waals surface area contributed by atoms with Gasteiger partial charge in [0.2, 0.25) is 5.78 Å². The normalized spacial score (nSPS) is 10.9. The third-order valence-corrected chi connectivity index (χ3v) is 2.14. The second-order valence-electron chi connectivity index (χ2n) is 3.22. The zero-order valence-corrected chi connectivity index (χ0v) is 8.03. The van der Waals surface area contributed by atoms with Crippen molar-refractivity contribution in [3.8, 4) is 0 Å². The molecule has 1 N–H and O–H groups in total. The molecule has 5 heteroatoms. The van der Waals surface area contributed by atoms with E-state index in [9.17, 15) is 4.79 Å². The van der Waals surface area contributed by atoms with E-state index in [-0.39, 0.29) is 5.56 Å². The van der Waals surface area contributed by atoms with Crippen LogP contribution in [0.5, 0.6) is 0 Å². The van der Waals surface area contributed by atoms with Gasteiger partial charge in [0.05, 0.1) is 5.69 Å². The minimum absolute atomic E-state index is 0.114. The van der Waals surface area contributed by atoms with E-state index in [1.807, 2.05) is 0 Å². The molecule has 2 rings (SSSR count). The van der Waals surface area contributed by atoms with E-state index in [0.717, 1.165) is 25.0 Å². The number of hydrogen-bond acceptors (Lipinski definition) is 3. The van der Waals surface area contributed by atoms with Gasteiger partial charge in [-0.1, -0.05) is 13.3 Å². The Hall–Kier alpha value is -1.65. The Morgan fingerprint density at radius 3 is 3.21 bits per heavy atom. The van der Waals surface area contributed by atoms with Crippen LogP contribution in [0, 0.1) is 0 Å². The minimum Gasteiger partial charge on any atom is -0.291 e. The molecule has 14 heavy (non-hydrogen) atoms. The van der Waals surface area contributed by atoms with Crippen molar-refractivity contribution in [1.29, 1.82) is 0 Å². The van der Waals surface area contributed by atoms with Gasteiger partial charge in [0.25, 0.3) is 5.56 Å². The van der Waals surface area contributed by atoms with E-state index >= 15 is 0 Å². The molecule has 0 unspecified atom stereocenters. The number of H-pyrrole nitrogens is 1. The van der Waals surface area contributed by atoms with Gasteiger partial charge in [-0.25, -0.2) is 4.52 Å². The molecular formula is C9H12N4O. The highest BCUT2D eigenvalue weighted by atomic mass is 16.1. The van der Waals surface area contributed by atoms with E-state index in [0.29, 0.717) is 5.78 Å². The van der Waals surface area contributed by atoms with Crippen LogP contribution in [0.25, 0.3) is 5.78 Å². The van der Waals surface area contributed by atoms with Crippen LogP contribution < -0.4 is 5.56 Å². The first-order valence-corrected chi connectivity index (χ1v) is 4.73. The predicted octanol–water partition coefficient (Wildman–Crippen LogP) is 0.760. The Morgan fingerprint density at radius 2 is 2.43 bits per heavy atom. The number of hydrogen-bond donors (Lipinski definition) is 1. The summed E-state index contributed by atoms with van der Waals surface area (Å²) in [5, 5.41) is 4.05. The molecule has 0 saturated carbocycles. The second kappa shape index (κ2) is 3.61. The summed E-state index contributed by atoms with van der Waals surface area (Å²) < 4.78 is 1.68. The first-order chi connectivity index (χ1) is 6.81. The topological polar surface area (TPSA) is 63.0 Å². The van der Waals surface area contributed by atoms with Crippen LogP contribution in [0.2, 0.25) is 0 Å². The number of aromatic nitrogens is 4. The SMILES string of the molecule is CCCCc1cc(=O)[nH]c2ncnn12. The molecule has 0 fully saturated rings. The van der Waals surface area contributed by atoms with Crippen LogP contribution in [0.15, 0.2) is 17.2 Å². The van der Waals surface area contributed by atoms with Crippen molar-refractivity contribution < 1.29 is 0 Å². The van der Waals surface area contributed by atoms with E-state index in [2.05, 4.69) is 22.0 Å². The number of nitrogens with one attached hydrogen (secondary N) is 1. The maximum absolute atomic E-state index is 11.2. The van der Waals surface area contributed by atoms with E-state index < -0.39 is 0 Å². The van der Waals surface area contributed by atoms with Gasteiger partial charge in [-0.05, 0) is 12.8 Å². The maximum Gasteiger partial charge on any atom is 0.252 e. The highest BCUT2D eigenvalue weighted by molar-refractivity contribution is 5.26. The molecule has 0 aliphatic heterocycles. The summed E-state index contributed by atoms with van der Waals surface area (Å²) >= 11 is 0. The molecule has 0 aromatic carbocycles. The third-order valence-electron chi connectivity index (χ3n) is 2.14. The monoisotopic (exact) mass is 192 g/mol. The van der Waals surface area contributed by atoms with Gasteiger partial charge < -0.3 is 0 Å². The summed E-state index contributed by atoms with van der Waals surface area (Å²) in [6.45, 7) is 2.12. The van der Waals surface area contributed by atoms with E-state index in [1.165, 1.54) is 6.33 Å². The number of nitrogens with zero attached hydrogens (tertiary/aromatic N) is 3. The molecule has 0 radical (unpaired) electrons. The van der Waals surface area contributed by atoms with Crippen LogP contribution in [-0.4, -0.2) is 19.6 Å². The fraction of sp³-hybridized carbons (Fsp3) is 0.444. The van der Waals surface area contributed by atoms with Crippen molar-refractivity contribution >= 4 is 5.78 Å². The molecule has 0 saturated heterocycles. The highest BCUT2D eigenvalue weighted by Gasteiger charge is 2.03. The van der Waals surface area contributed by atoms with E-state index in [4.69, 9.17) is 0 Å². The number of rotatable bonds is 3.